The predicted molar refractivity (Wildman–Crippen MR) is 62.1 cm³/mol. The maximum absolute atomic E-state index is 11.9. The van der Waals surface area contributed by atoms with Crippen LogP contribution in [0.2, 0.25) is 0 Å². The Labute approximate surface area is 97.2 Å². The molecule has 1 saturated heterocycles. The first-order chi connectivity index (χ1) is 7.81. The number of carbonyl (C=O) groups is 1. The van der Waals surface area contributed by atoms with E-state index in [1.165, 1.54) is 25.7 Å². The summed E-state index contributed by atoms with van der Waals surface area (Å²) in [5.41, 5.74) is 0. The molecule has 4 heteroatoms. The number of hydrogen-bond donors (Lipinski definition) is 1. The first-order valence-electron chi connectivity index (χ1n) is 6.44. The number of hydrogen-bond acceptors (Lipinski definition) is 3. The van der Waals surface area contributed by atoms with Crippen LogP contribution in [-0.4, -0.2) is 59.6 Å². The second kappa shape index (κ2) is 5.64. The molecule has 0 radical (unpaired) electrons. The van der Waals surface area contributed by atoms with Gasteiger partial charge in [0.2, 0.25) is 5.91 Å². The summed E-state index contributed by atoms with van der Waals surface area (Å²) >= 11 is 0. The maximum atomic E-state index is 11.9. The van der Waals surface area contributed by atoms with Crippen molar-refractivity contribution in [3.05, 3.63) is 0 Å². The van der Waals surface area contributed by atoms with E-state index < -0.39 is 0 Å². The highest BCUT2D eigenvalue weighted by Gasteiger charge is 2.27. The minimum absolute atomic E-state index is 0.157. The Bertz CT molecular complexity index is 235. The van der Waals surface area contributed by atoms with Crippen molar-refractivity contribution in [1.82, 2.24) is 9.80 Å². The molecule has 0 bridgehead atoms. The van der Waals surface area contributed by atoms with E-state index in [0.717, 1.165) is 19.5 Å². The van der Waals surface area contributed by atoms with Gasteiger partial charge >= 0.3 is 0 Å². The van der Waals surface area contributed by atoms with E-state index in [4.69, 9.17) is 5.11 Å². The third kappa shape index (κ3) is 2.74. The molecular formula is C12H22N2O2. The van der Waals surface area contributed by atoms with Crippen LogP contribution in [0.25, 0.3) is 0 Å². The van der Waals surface area contributed by atoms with Crippen molar-refractivity contribution in [3.63, 3.8) is 0 Å². The highest BCUT2D eigenvalue weighted by molar-refractivity contribution is 5.79. The maximum Gasteiger partial charge on any atom is 0.236 e. The third-order valence-electron chi connectivity index (χ3n) is 3.78. The highest BCUT2D eigenvalue weighted by atomic mass is 16.3. The molecule has 1 N–H and O–H groups in total. The van der Waals surface area contributed by atoms with Crippen LogP contribution in [0.5, 0.6) is 0 Å². The lowest BCUT2D eigenvalue weighted by Gasteiger charge is -2.35. The zero-order valence-corrected chi connectivity index (χ0v) is 9.90. The van der Waals surface area contributed by atoms with Crippen LogP contribution in [0.4, 0.5) is 0 Å². The Morgan fingerprint density at radius 1 is 1.25 bits per heavy atom. The Kier molecular flexibility index (Phi) is 4.18. The molecule has 1 heterocycles. The van der Waals surface area contributed by atoms with Crippen LogP contribution >= 0.6 is 0 Å². The van der Waals surface area contributed by atoms with Gasteiger partial charge in [0.05, 0.1) is 13.2 Å². The monoisotopic (exact) mass is 226 g/mol. The lowest BCUT2D eigenvalue weighted by Crippen LogP contribution is -2.49. The van der Waals surface area contributed by atoms with E-state index in [2.05, 4.69) is 4.90 Å². The van der Waals surface area contributed by atoms with Gasteiger partial charge in [-0.1, -0.05) is 12.8 Å². The number of likely N-dealkylation sites (tertiary alicyclic amines) is 1. The van der Waals surface area contributed by atoms with Gasteiger partial charge in [0, 0.05) is 25.7 Å². The second-order valence-corrected chi connectivity index (χ2v) is 4.87. The molecule has 1 aliphatic carbocycles. The van der Waals surface area contributed by atoms with Crippen molar-refractivity contribution in [2.75, 3.05) is 32.8 Å². The smallest absolute Gasteiger partial charge is 0.236 e. The molecule has 0 aromatic rings. The largest absolute Gasteiger partial charge is 0.395 e. The van der Waals surface area contributed by atoms with E-state index in [-0.39, 0.29) is 12.5 Å². The Morgan fingerprint density at radius 3 is 2.44 bits per heavy atom. The van der Waals surface area contributed by atoms with E-state index in [1.807, 2.05) is 4.90 Å². The van der Waals surface area contributed by atoms with Gasteiger partial charge in [-0.2, -0.15) is 0 Å². The molecule has 2 aliphatic rings. The molecule has 16 heavy (non-hydrogen) atoms. The fourth-order valence-corrected chi connectivity index (χ4v) is 2.63. The molecule has 0 unspecified atom stereocenters. The van der Waals surface area contributed by atoms with Gasteiger partial charge in [-0.3, -0.25) is 9.69 Å². The summed E-state index contributed by atoms with van der Waals surface area (Å²) in [4.78, 5) is 16.0. The van der Waals surface area contributed by atoms with E-state index in [0.29, 0.717) is 19.1 Å². The summed E-state index contributed by atoms with van der Waals surface area (Å²) in [7, 11) is 0. The zero-order chi connectivity index (χ0) is 11.4. The minimum Gasteiger partial charge on any atom is -0.395 e. The molecule has 0 atom stereocenters. The lowest BCUT2D eigenvalue weighted by molar-refractivity contribution is -0.136. The zero-order valence-electron chi connectivity index (χ0n) is 9.90. The quantitative estimate of drug-likeness (QED) is 0.740. The molecular weight excluding hydrogens is 204 g/mol. The molecule has 1 saturated carbocycles. The van der Waals surface area contributed by atoms with Crippen LogP contribution in [0.1, 0.15) is 32.1 Å². The highest BCUT2D eigenvalue weighted by Crippen LogP contribution is 2.23. The van der Waals surface area contributed by atoms with Crippen molar-refractivity contribution in [2.45, 2.75) is 38.1 Å². The Hall–Kier alpha value is -0.610. The third-order valence-corrected chi connectivity index (χ3v) is 3.78. The van der Waals surface area contributed by atoms with Gasteiger partial charge in [0.25, 0.3) is 0 Å². The van der Waals surface area contributed by atoms with Crippen LogP contribution < -0.4 is 0 Å². The molecule has 2 fully saturated rings. The number of rotatable bonds is 5. The number of aliphatic hydroxyl groups is 1. The summed E-state index contributed by atoms with van der Waals surface area (Å²) in [6.07, 6.45) is 6.06. The van der Waals surface area contributed by atoms with Crippen molar-refractivity contribution in [1.29, 1.82) is 0 Å². The standard InChI is InChI=1S/C12H22N2O2/c15-9-8-14(11-4-1-2-5-11)10-12(16)13-6-3-7-13/h11,15H,1-10H2. The molecule has 1 amide bonds. The van der Waals surface area contributed by atoms with Gasteiger partial charge in [-0.05, 0) is 19.3 Å². The molecule has 1 aliphatic heterocycles. The van der Waals surface area contributed by atoms with E-state index in [1.54, 1.807) is 0 Å². The van der Waals surface area contributed by atoms with Crippen LogP contribution in [-0.2, 0) is 4.79 Å². The molecule has 0 aromatic carbocycles. The van der Waals surface area contributed by atoms with Crippen LogP contribution in [0.15, 0.2) is 0 Å². The molecule has 4 nitrogen and oxygen atoms in total. The average molecular weight is 226 g/mol. The van der Waals surface area contributed by atoms with Gasteiger partial charge in [-0.25, -0.2) is 0 Å². The summed E-state index contributed by atoms with van der Waals surface area (Å²) < 4.78 is 0. The first kappa shape index (κ1) is 11.9. The van der Waals surface area contributed by atoms with Gasteiger partial charge in [-0.15, -0.1) is 0 Å². The summed E-state index contributed by atoms with van der Waals surface area (Å²) in [5, 5.41) is 9.05. The van der Waals surface area contributed by atoms with Crippen molar-refractivity contribution in [3.8, 4) is 0 Å². The normalized spacial score (nSPS) is 21.5. The number of nitrogens with zero attached hydrogens (tertiary/aromatic N) is 2. The molecule has 2 rings (SSSR count). The fourth-order valence-electron chi connectivity index (χ4n) is 2.63. The van der Waals surface area contributed by atoms with Crippen molar-refractivity contribution >= 4 is 5.91 Å². The topological polar surface area (TPSA) is 43.8 Å². The second-order valence-electron chi connectivity index (χ2n) is 4.87. The first-order valence-corrected chi connectivity index (χ1v) is 6.44. The summed E-state index contributed by atoms with van der Waals surface area (Å²) in [6, 6.07) is 0.525. The van der Waals surface area contributed by atoms with Crippen molar-refractivity contribution in [2.24, 2.45) is 0 Å². The average Bonchev–Trinajstić information content (AvgIpc) is 2.66. The Morgan fingerprint density at radius 2 is 1.94 bits per heavy atom. The van der Waals surface area contributed by atoms with Crippen molar-refractivity contribution < 1.29 is 9.90 Å². The van der Waals surface area contributed by atoms with Gasteiger partial charge in [0.15, 0.2) is 0 Å². The molecule has 92 valence electrons. The number of carbonyl (C=O) groups excluding carboxylic acids is 1. The lowest BCUT2D eigenvalue weighted by atomic mass is 10.2. The van der Waals surface area contributed by atoms with E-state index in [9.17, 15) is 4.79 Å². The SMILES string of the molecule is O=C(CN(CCO)C1CCCC1)N1CCC1. The van der Waals surface area contributed by atoms with Gasteiger partial charge < -0.3 is 10.0 Å². The van der Waals surface area contributed by atoms with Crippen LogP contribution in [0, 0.1) is 0 Å². The molecule has 0 aromatic heterocycles. The summed E-state index contributed by atoms with van der Waals surface area (Å²) in [5.74, 6) is 0.242. The van der Waals surface area contributed by atoms with E-state index >= 15 is 0 Å². The summed E-state index contributed by atoms with van der Waals surface area (Å²) in [6.45, 7) is 3.16. The molecule has 0 spiro atoms. The number of aliphatic hydroxyl groups excluding tert-OH is 1. The predicted octanol–water partition coefficient (Wildman–Crippen LogP) is 0.456. The number of amides is 1. The van der Waals surface area contributed by atoms with Crippen LogP contribution in [0.3, 0.4) is 0 Å². The van der Waals surface area contributed by atoms with Gasteiger partial charge in [0.1, 0.15) is 0 Å². The fraction of sp³-hybridized carbons (Fsp3) is 0.917. The minimum atomic E-state index is 0.157. The Balaban J connectivity index is 1.83.